The van der Waals surface area contributed by atoms with Crippen LogP contribution >= 0.6 is 12.8 Å². The zero-order valence-corrected chi connectivity index (χ0v) is 8.02. The van der Waals surface area contributed by atoms with Gasteiger partial charge in [0.1, 0.15) is 17.4 Å². The lowest BCUT2D eigenvalue weighted by molar-refractivity contribution is 1.26. The highest BCUT2D eigenvalue weighted by Crippen LogP contribution is 2.21. The van der Waals surface area contributed by atoms with E-state index in [9.17, 15) is 0 Å². The summed E-state index contributed by atoms with van der Waals surface area (Å²) in [4.78, 5) is 12.7. The van der Waals surface area contributed by atoms with E-state index < -0.39 is 0 Å². The molecule has 0 bridgehead atoms. The van der Waals surface area contributed by atoms with Gasteiger partial charge >= 0.3 is 0 Å². The predicted molar refractivity (Wildman–Crippen MR) is 57.2 cm³/mol. The highest BCUT2D eigenvalue weighted by atomic mass is 32.1. The van der Waals surface area contributed by atoms with E-state index in [1.807, 2.05) is 12.1 Å². The SMILES string of the molecule is Sn1cnc2ccc3nccnc3c21. The van der Waals surface area contributed by atoms with Gasteiger partial charge in [-0.05, 0) is 12.1 Å². The van der Waals surface area contributed by atoms with Gasteiger partial charge in [-0.1, -0.05) is 12.8 Å². The standard InChI is InChI=1S/C9H6N4S/c14-13-5-12-7-2-1-6-8(9(7)13)11-4-3-10-6/h1-5,14H. The summed E-state index contributed by atoms with van der Waals surface area (Å²) in [6, 6.07) is 3.82. The molecule has 0 aliphatic rings. The minimum absolute atomic E-state index is 0.831. The molecule has 1 aromatic carbocycles. The number of rotatable bonds is 0. The van der Waals surface area contributed by atoms with Gasteiger partial charge in [-0.25, -0.2) is 4.98 Å². The van der Waals surface area contributed by atoms with Crippen LogP contribution in [0.2, 0.25) is 0 Å². The summed E-state index contributed by atoms with van der Waals surface area (Å²) < 4.78 is 1.66. The van der Waals surface area contributed by atoms with Crippen molar-refractivity contribution in [1.29, 1.82) is 0 Å². The monoisotopic (exact) mass is 202 g/mol. The third kappa shape index (κ3) is 0.927. The van der Waals surface area contributed by atoms with E-state index in [0.29, 0.717) is 0 Å². The first-order chi connectivity index (χ1) is 6.86. The van der Waals surface area contributed by atoms with Crippen molar-refractivity contribution in [2.24, 2.45) is 0 Å². The summed E-state index contributed by atoms with van der Waals surface area (Å²) in [5.41, 5.74) is 3.47. The molecule has 0 spiro atoms. The van der Waals surface area contributed by atoms with Gasteiger partial charge < -0.3 is 0 Å². The van der Waals surface area contributed by atoms with Crippen LogP contribution in [0.3, 0.4) is 0 Å². The Bertz CT molecular complexity index is 616. The van der Waals surface area contributed by atoms with E-state index in [2.05, 4.69) is 27.8 Å². The van der Waals surface area contributed by atoms with Gasteiger partial charge in [0.15, 0.2) is 0 Å². The van der Waals surface area contributed by atoms with Crippen LogP contribution in [0.25, 0.3) is 22.1 Å². The molecule has 0 amide bonds. The Morgan fingerprint density at radius 2 is 1.79 bits per heavy atom. The average Bonchev–Trinajstić information content (AvgIpc) is 2.61. The number of hydrogen-bond acceptors (Lipinski definition) is 4. The Hall–Kier alpha value is -1.62. The van der Waals surface area contributed by atoms with Gasteiger partial charge in [0.05, 0.1) is 11.0 Å². The van der Waals surface area contributed by atoms with Crippen LogP contribution in [-0.4, -0.2) is 18.9 Å². The van der Waals surface area contributed by atoms with Crippen molar-refractivity contribution in [2.45, 2.75) is 0 Å². The minimum atomic E-state index is 0.831. The van der Waals surface area contributed by atoms with Crippen LogP contribution < -0.4 is 0 Å². The van der Waals surface area contributed by atoms with E-state index in [4.69, 9.17) is 0 Å². The zero-order chi connectivity index (χ0) is 9.54. The van der Waals surface area contributed by atoms with Crippen LogP contribution in [0.15, 0.2) is 30.9 Å². The summed E-state index contributed by atoms with van der Waals surface area (Å²) >= 11 is 4.26. The largest absolute Gasteiger partial charge is 0.273 e. The van der Waals surface area contributed by atoms with Crippen LogP contribution in [0, 0.1) is 0 Å². The number of nitrogens with zero attached hydrogens (tertiary/aromatic N) is 4. The highest BCUT2D eigenvalue weighted by Gasteiger charge is 2.06. The van der Waals surface area contributed by atoms with Crippen molar-refractivity contribution in [3.05, 3.63) is 30.9 Å². The Labute approximate surface area is 85.2 Å². The molecule has 0 aliphatic carbocycles. The molecule has 0 unspecified atom stereocenters. The molecule has 3 aromatic rings. The maximum atomic E-state index is 4.27. The van der Waals surface area contributed by atoms with Crippen molar-refractivity contribution < 1.29 is 0 Å². The normalized spacial score (nSPS) is 11.2. The molecule has 2 heterocycles. The smallest absolute Gasteiger partial charge is 0.115 e. The molecule has 5 heteroatoms. The second-order valence-electron chi connectivity index (χ2n) is 2.95. The van der Waals surface area contributed by atoms with Gasteiger partial charge in [0, 0.05) is 12.4 Å². The first-order valence-corrected chi connectivity index (χ1v) is 4.52. The molecular formula is C9H6N4S. The zero-order valence-electron chi connectivity index (χ0n) is 7.12. The van der Waals surface area contributed by atoms with Crippen LogP contribution in [0.5, 0.6) is 0 Å². The maximum absolute atomic E-state index is 4.27. The van der Waals surface area contributed by atoms with Gasteiger partial charge in [-0.3, -0.25) is 13.9 Å². The second kappa shape index (κ2) is 2.68. The van der Waals surface area contributed by atoms with E-state index in [1.54, 1.807) is 22.7 Å². The third-order valence-electron chi connectivity index (χ3n) is 2.13. The molecule has 0 N–H and O–H groups in total. The van der Waals surface area contributed by atoms with Gasteiger partial charge in [0.2, 0.25) is 0 Å². The highest BCUT2D eigenvalue weighted by molar-refractivity contribution is 7.78. The predicted octanol–water partition coefficient (Wildman–Crippen LogP) is 1.67. The minimum Gasteiger partial charge on any atom is -0.273 e. The topological polar surface area (TPSA) is 43.6 Å². The number of benzene rings is 1. The molecule has 0 saturated heterocycles. The fourth-order valence-electron chi connectivity index (χ4n) is 1.52. The summed E-state index contributed by atoms with van der Waals surface area (Å²) in [5, 5.41) is 0. The van der Waals surface area contributed by atoms with E-state index in [0.717, 1.165) is 22.1 Å². The Balaban J connectivity index is 2.65. The van der Waals surface area contributed by atoms with Crippen LogP contribution in [0.1, 0.15) is 0 Å². The maximum Gasteiger partial charge on any atom is 0.115 e. The quantitative estimate of drug-likeness (QED) is 0.564. The van der Waals surface area contributed by atoms with E-state index in [1.165, 1.54) is 0 Å². The lowest BCUT2D eigenvalue weighted by Gasteiger charge is -1.98. The molecule has 2 aromatic heterocycles. The molecular weight excluding hydrogens is 196 g/mol. The fraction of sp³-hybridized carbons (Fsp3) is 0. The van der Waals surface area contributed by atoms with Crippen LogP contribution in [-0.2, 0) is 0 Å². The lowest BCUT2D eigenvalue weighted by atomic mass is 10.2. The van der Waals surface area contributed by atoms with E-state index in [-0.39, 0.29) is 0 Å². The summed E-state index contributed by atoms with van der Waals surface area (Å²) in [7, 11) is 0. The van der Waals surface area contributed by atoms with Crippen molar-refractivity contribution in [3.8, 4) is 0 Å². The van der Waals surface area contributed by atoms with Crippen molar-refractivity contribution >= 4 is 34.9 Å². The van der Waals surface area contributed by atoms with E-state index >= 15 is 0 Å². The molecule has 0 aliphatic heterocycles. The fourth-order valence-corrected chi connectivity index (χ4v) is 1.76. The molecule has 0 radical (unpaired) electrons. The molecule has 0 atom stereocenters. The number of hydrogen-bond donors (Lipinski definition) is 1. The van der Waals surface area contributed by atoms with Crippen LogP contribution in [0.4, 0.5) is 0 Å². The van der Waals surface area contributed by atoms with Gasteiger partial charge in [-0.15, -0.1) is 0 Å². The Kier molecular flexibility index (Phi) is 1.49. The van der Waals surface area contributed by atoms with Gasteiger partial charge in [-0.2, -0.15) is 0 Å². The first-order valence-electron chi connectivity index (χ1n) is 4.12. The molecule has 4 nitrogen and oxygen atoms in total. The summed E-state index contributed by atoms with van der Waals surface area (Å²) in [6.45, 7) is 0. The van der Waals surface area contributed by atoms with Crippen molar-refractivity contribution in [3.63, 3.8) is 0 Å². The lowest BCUT2D eigenvalue weighted by Crippen LogP contribution is -1.85. The number of imidazole rings is 1. The second-order valence-corrected chi connectivity index (χ2v) is 3.38. The molecule has 0 fully saturated rings. The third-order valence-corrected chi connectivity index (χ3v) is 2.43. The Morgan fingerprint density at radius 1 is 1.00 bits per heavy atom. The number of aromatic nitrogens is 4. The van der Waals surface area contributed by atoms with Crippen molar-refractivity contribution in [1.82, 2.24) is 18.9 Å². The van der Waals surface area contributed by atoms with Crippen molar-refractivity contribution in [2.75, 3.05) is 0 Å². The molecule has 68 valence electrons. The molecule has 3 rings (SSSR count). The number of fused-ring (bicyclic) bond motifs is 3. The summed E-state index contributed by atoms with van der Waals surface area (Å²) in [5.74, 6) is 0. The average molecular weight is 202 g/mol. The van der Waals surface area contributed by atoms with Gasteiger partial charge in [0.25, 0.3) is 0 Å². The first kappa shape index (κ1) is 7.75. The summed E-state index contributed by atoms with van der Waals surface area (Å²) in [6.07, 6.45) is 5.00. The molecule has 0 saturated carbocycles. The number of thiol groups is 1. The Morgan fingerprint density at radius 3 is 2.71 bits per heavy atom. The molecule has 14 heavy (non-hydrogen) atoms.